The summed E-state index contributed by atoms with van der Waals surface area (Å²) in [6, 6.07) is -0.427. The van der Waals surface area contributed by atoms with Crippen molar-refractivity contribution in [3.63, 3.8) is 0 Å². The standard InChI is InChI=1S/C11H17N3O2/c1-13-8-6-12-11(13)14-7-4-2-3-5-9(14)10(15)16/h6,8-9H,2-5,7H2,1H3,(H,15,16). The van der Waals surface area contributed by atoms with Gasteiger partial charge in [-0.25, -0.2) is 9.78 Å². The van der Waals surface area contributed by atoms with Gasteiger partial charge in [-0.15, -0.1) is 0 Å². The van der Waals surface area contributed by atoms with E-state index >= 15 is 0 Å². The zero-order valence-corrected chi connectivity index (χ0v) is 9.46. The Bertz CT molecular complexity index is 375. The van der Waals surface area contributed by atoms with Gasteiger partial charge in [0.05, 0.1) is 0 Å². The smallest absolute Gasteiger partial charge is 0.326 e. The third kappa shape index (κ3) is 2.03. The highest BCUT2D eigenvalue weighted by Gasteiger charge is 2.29. The van der Waals surface area contributed by atoms with Crippen molar-refractivity contribution in [1.82, 2.24) is 9.55 Å². The molecule has 0 amide bonds. The van der Waals surface area contributed by atoms with Crippen LogP contribution in [0.1, 0.15) is 25.7 Å². The molecular weight excluding hydrogens is 206 g/mol. The number of carboxylic acids is 1. The van der Waals surface area contributed by atoms with E-state index in [4.69, 9.17) is 0 Å². The van der Waals surface area contributed by atoms with Crippen LogP contribution in [0.3, 0.4) is 0 Å². The number of rotatable bonds is 2. The Morgan fingerprint density at radius 3 is 2.94 bits per heavy atom. The summed E-state index contributed by atoms with van der Waals surface area (Å²) in [6.45, 7) is 0.780. The number of anilines is 1. The lowest BCUT2D eigenvalue weighted by Crippen LogP contribution is -2.42. The van der Waals surface area contributed by atoms with Crippen LogP contribution in [0, 0.1) is 0 Å². The van der Waals surface area contributed by atoms with Crippen LogP contribution in [0.4, 0.5) is 5.95 Å². The van der Waals surface area contributed by atoms with Gasteiger partial charge in [-0.05, 0) is 12.8 Å². The van der Waals surface area contributed by atoms with Gasteiger partial charge in [0.1, 0.15) is 6.04 Å². The Kier molecular flexibility index (Phi) is 3.12. The molecule has 2 rings (SSSR count). The molecule has 0 radical (unpaired) electrons. The van der Waals surface area contributed by atoms with Gasteiger partial charge in [0.15, 0.2) is 0 Å². The fraction of sp³-hybridized carbons (Fsp3) is 0.636. The van der Waals surface area contributed by atoms with Gasteiger partial charge < -0.3 is 14.6 Å². The fourth-order valence-electron chi connectivity index (χ4n) is 2.24. The van der Waals surface area contributed by atoms with Crippen LogP contribution >= 0.6 is 0 Å². The number of aryl methyl sites for hydroxylation is 1. The summed E-state index contributed by atoms with van der Waals surface area (Å²) >= 11 is 0. The first-order chi connectivity index (χ1) is 7.70. The van der Waals surface area contributed by atoms with Crippen molar-refractivity contribution in [2.45, 2.75) is 31.7 Å². The van der Waals surface area contributed by atoms with E-state index in [9.17, 15) is 9.90 Å². The summed E-state index contributed by atoms with van der Waals surface area (Å²) in [5.41, 5.74) is 0. The van der Waals surface area contributed by atoms with Gasteiger partial charge >= 0.3 is 5.97 Å². The first-order valence-electron chi connectivity index (χ1n) is 5.67. The Morgan fingerprint density at radius 2 is 2.31 bits per heavy atom. The van der Waals surface area contributed by atoms with Crippen LogP contribution in [0.2, 0.25) is 0 Å². The molecule has 1 aromatic heterocycles. The Labute approximate surface area is 94.7 Å². The predicted octanol–water partition coefficient (Wildman–Crippen LogP) is 1.25. The maximum Gasteiger partial charge on any atom is 0.326 e. The minimum Gasteiger partial charge on any atom is -0.480 e. The number of hydrogen-bond donors (Lipinski definition) is 1. The molecule has 5 nitrogen and oxygen atoms in total. The normalized spacial score (nSPS) is 21.8. The molecule has 88 valence electrons. The zero-order chi connectivity index (χ0) is 11.5. The second kappa shape index (κ2) is 4.55. The molecule has 1 atom stereocenters. The molecule has 0 saturated carbocycles. The molecule has 1 aliphatic heterocycles. The molecule has 5 heteroatoms. The second-order valence-corrected chi connectivity index (χ2v) is 4.23. The largest absolute Gasteiger partial charge is 0.480 e. The zero-order valence-electron chi connectivity index (χ0n) is 9.46. The van der Waals surface area contributed by atoms with Crippen LogP contribution < -0.4 is 4.90 Å². The molecule has 1 aliphatic rings. The minimum absolute atomic E-state index is 0.427. The maximum absolute atomic E-state index is 11.2. The van der Waals surface area contributed by atoms with E-state index in [0.29, 0.717) is 6.42 Å². The first-order valence-corrected chi connectivity index (χ1v) is 5.67. The molecule has 0 spiro atoms. The number of aliphatic carboxylic acids is 1. The molecule has 0 bridgehead atoms. The van der Waals surface area contributed by atoms with Crippen molar-refractivity contribution in [2.24, 2.45) is 7.05 Å². The van der Waals surface area contributed by atoms with Gasteiger partial charge in [0.2, 0.25) is 5.95 Å². The van der Waals surface area contributed by atoms with Crippen LogP contribution in [-0.4, -0.2) is 33.2 Å². The molecule has 2 heterocycles. The van der Waals surface area contributed by atoms with Gasteiger partial charge in [-0.3, -0.25) is 0 Å². The van der Waals surface area contributed by atoms with Crippen LogP contribution in [0.5, 0.6) is 0 Å². The fourth-order valence-corrected chi connectivity index (χ4v) is 2.24. The molecule has 1 unspecified atom stereocenters. The third-order valence-electron chi connectivity index (χ3n) is 3.09. The van der Waals surface area contributed by atoms with E-state index in [-0.39, 0.29) is 0 Å². The molecular formula is C11H17N3O2. The second-order valence-electron chi connectivity index (χ2n) is 4.23. The lowest BCUT2D eigenvalue weighted by Gasteiger charge is -2.27. The van der Waals surface area contributed by atoms with Gasteiger partial charge in [-0.2, -0.15) is 0 Å². The number of aromatic nitrogens is 2. The molecule has 1 saturated heterocycles. The van der Waals surface area contributed by atoms with E-state index in [0.717, 1.165) is 31.8 Å². The van der Waals surface area contributed by atoms with Crippen LogP contribution in [0.25, 0.3) is 0 Å². The van der Waals surface area contributed by atoms with E-state index in [2.05, 4.69) is 4.98 Å². The van der Waals surface area contributed by atoms with Crippen LogP contribution in [-0.2, 0) is 11.8 Å². The van der Waals surface area contributed by atoms with E-state index in [1.165, 1.54) is 0 Å². The Morgan fingerprint density at radius 1 is 1.50 bits per heavy atom. The summed E-state index contributed by atoms with van der Waals surface area (Å²) < 4.78 is 1.88. The molecule has 1 fully saturated rings. The van der Waals surface area contributed by atoms with Crippen molar-refractivity contribution < 1.29 is 9.90 Å². The number of hydrogen-bond acceptors (Lipinski definition) is 3. The monoisotopic (exact) mass is 223 g/mol. The van der Waals surface area contributed by atoms with Crippen molar-refractivity contribution in [3.05, 3.63) is 12.4 Å². The lowest BCUT2D eigenvalue weighted by molar-refractivity contribution is -0.138. The van der Waals surface area contributed by atoms with Gasteiger partial charge in [-0.1, -0.05) is 12.8 Å². The molecule has 16 heavy (non-hydrogen) atoms. The highest BCUT2D eigenvalue weighted by molar-refractivity contribution is 5.77. The Balaban J connectivity index is 2.27. The van der Waals surface area contributed by atoms with Crippen molar-refractivity contribution in [2.75, 3.05) is 11.4 Å². The number of carbonyl (C=O) groups is 1. The summed E-state index contributed by atoms with van der Waals surface area (Å²) in [7, 11) is 1.89. The molecule has 0 aliphatic carbocycles. The van der Waals surface area contributed by atoms with Crippen molar-refractivity contribution >= 4 is 11.9 Å². The number of imidazole rings is 1. The lowest BCUT2D eigenvalue weighted by atomic mass is 10.1. The summed E-state index contributed by atoms with van der Waals surface area (Å²) in [6.07, 6.45) is 7.39. The first kappa shape index (κ1) is 11.0. The number of carboxylic acid groups (broad SMARTS) is 1. The summed E-state index contributed by atoms with van der Waals surface area (Å²) in [4.78, 5) is 17.4. The van der Waals surface area contributed by atoms with Gasteiger partial charge in [0.25, 0.3) is 0 Å². The maximum atomic E-state index is 11.2. The highest BCUT2D eigenvalue weighted by atomic mass is 16.4. The van der Waals surface area contributed by atoms with Crippen molar-refractivity contribution in [3.8, 4) is 0 Å². The highest BCUT2D eigenvalue weighted by Crippen LogP contribution is 2.22. The topological polar surface area (TPSA) is 58.4 Å². The van der Waals surface area contributed by atoms with Crippen LogP contribution in [0.15, 0.2) is 12.4 Å². The van der Waals surface area contributed by atoms with E-state index in [1.807, 2.05) is 22.7 Å². The van der Waals surface area contributed by atoms with E-state index in [1.54, 1.807) is 6.20 Å². The Hall–Kier alpha value is -1.52. The summed E-state index contributed by atoms with van der Waals surface area (Å²) in [5.74, 6) is 0.0131. The minimum atomic E-state index is -0.745. The molecule has 0 aromatic carbocycles. The predicted molar refractivity (Wildman–Crippen MR) is 60.4 cm³/mol. The van der Waals surface area contributed by atoms with Gasteiger partial charge in [0, 0.05) is 26.0 Å². The average Bonchev–Trinajstić information content (AvgIpc) is 2.54. The number of nitrogens with zero attached hydrogens (tertiary/aromatic N) is 3. The summed E-state index contributed by atoms with van der Waals surface area (Å²) in [5, 5.41) is 9.24. The van der Waals surface area contributed by atoms with Crippen molar-refractivity contribution in [1.29, 1.82) is 0 Å². The average molecular weight is 223 g/mol. The molecule has 1 N–H and O–H groups in total. The van der Waals surface area contributed by atoms with E-state index < -0.39 is 12.0 Å². The quantitative estimate of drug-likeness (QED) is 0.820. The third-order valence-corrected chi connectivity index (χ3v) is 3.09. The molecule has 1 aromatic rings. The SMILES string of the molecule is Cn1ccnc1N1CCCCCC1C(=O)O.